The Kier molecular flexibility index (Phi) is 3.72. The van der Waals surface area contributed by atoms with Crippen molar-refractivity contribution in [1.82, 2.24) is 4.98 Å². The molecule has 22 heavy (non-hydrogen) atoms. The zero-order chi connectivity index (χ0) is 15.9. The van der Waals surface area contributed by atoms with Crippen LogP contribution in [0.2, 0.25) is 0 Å². The van der Waals surface area contributed by atoms with Crippen molar-refractivity contribution in [3.63, 3.8) is 0 Å². The zero-order valence-corrected chi connectivity index (χ0v) is 14.6. The molecule has 3 rings (SSSR count). The number of aryl methyl sites for hydroxylation is 1. The molecule has 8 heteroatoms. The number of aromatic amines is 1. The van der Waals surface area contributed by atoms with Crippen LogP contribution in [0.1, 0.15) is 10.4 Å². The van der Waals surface area contributed by atoms with E-state index in [4.69, 9.17) is 5.26 Å². The molecule has 112 valence electrons. The number of nitriles is 1. The van der Waals surface area contributed by atoms with Crippen molar-refractivity contribution in [3.8, 4) is 6.07 Å². The fourth-order valence-corrected chi connectivity index (χ4v) is 4.74. The fourth-order valence-electron chi connectivity index (χ4n) is 2.14. The molecule has 5 nitrogen and oxygen atoms in total. The molecular weight excluding hydrogens is 386 g/mol. The number of rotatable bonds is 3. The Bertz CT molecular complexity index is 1010. The van der Waals surface area contributed by atoms with Crippen molar-refractivity contribution in [2.24, 2.45) is 0 Å². The van der Waals surface area contributed by atoms with Crippen molar-refractivity contribution >= 4 is 53.9 Å². The minimum Gasteiger partial charge on any atom is -0.358 e. The first-order chi connectivity index (χ1) is 10.4. The van der Waals surface area contributed by atoms with Crippen LogP contribution in [0.3, 0.4) is 0 Å². The van der Waals surface area contributed by atoms with Crippen molar-refractivity contribution in [3.05, 3.63) is 45.4 Å². The minimum atomic E-state index is -3.72. The standard InChI is InChI=1S/C14H10BrN3O2S2/c1-8-4-10-11(15)7-17-14(10)12(5-8)18-22(19,20)13-3-2-9(6-16)21-13/h2-5,7,17-18H,1H3. The molecule has 1 aromatic carbocycles. The molecule has 0 aliphatic rings. The van der Waals surface area contributed by atoms with Crippen LogP contribution in [0.5, 0.6) is 0 Å². The van der Waals surface area contributed by atoms with E-state index in [1.54, 1.807) is 12.3 Å². The van der Waals surface area contributed by atoms with Crippen LogP contribution < -0.4 is 4.72 Å². The van der Waals surface area contributed by atoms with Crippen LogP contribution in [0.4, 0.5) is 5.69 Å². The number of thiophene rings is 1. The Balaban J connectivity index is 2.08. The van der Waals surface area contributed by atoms with E-state index < -0.39 is 10.0 Å². The van der Waals surface area contributed by atoms with Gasteiger partial charge in [-0.05, 0) is 52.7 Å². The predicted molar refractivity (Wildman–Crippen MR) is 90.6 cm³/mol. The number of aromatic nitrogens is 1. The largest absolute Gasteiger partial charge is 0.358 e. The lowest BCUT2D eigenvalue weighted by atomic mass is 10.1. The third-order valence-electron chi connectivity index (χ3n) is 3.08. The number of fused-ring (bicyclic) bond motifs is 1. The van der Waals surface area contributed by atoms with Crippen molar-refractivity contribution in [2.45, 2.75) is 11.1 Å². The number of nitrogens with zero attached hydrogens (tertiary/aromatic N) is 1. The number of nitrogens with one attached hydrogen (secondary N) is 2. The minimum absolute atomic E-state index is 0.115. The summed E-state index contributed by atoms with van der Waals surface area (Å²) < 4.78 is 28.5. The molecule has 0 unspecified atom stereocenters. The Labute approximate surface area is 139 Å². The number of halogens is 1. The highest BCUT2D eigenvalue weighted by Crippen LogP contribution is 2.32. The lowest BCUT2D eigenvalue weighted by Gasteiger charge is -2.09. The molecule has 0 aliphatic carbocycles. The number of H-pyrrole nitrogens is 1. The molecule has 0 radical (unpaired) electrons. The SMILES string of the molecule is Cc1cc(NS(=O)(=O)c2ccc(C#N)s2)c2[nH]cc(Br)c2c1. The first kappa shape index (κ1) is 15.1. The summed E-state index contributed by atoms with van der Waals surface area (Å²) >= 11 is 4.37. The monoisotopic (exact) mass is 395 g/mol. The number of benzene rings is 1. The van der Waals surface area contributed by atoms with Gasteiger partial charge in [0.15, 0.2) is 0 Å². The number of anilines is 1. The van der Waals surface area contributed by atoms with Crippen LogP contribution in [-0.4, -0.2) is 13.4 Å². The molecule has 0 bridgehead atoms. The third-order valence-corrected chi connectivity index (χ3v) is 6.59. The van der Waals surface area contributed by atoms with E-state index in [2.05, 4.69) is 25.6 Å². The topological polar surface area (TPSA) is 85.8 Å². The molecular formula is C14H10BrN3O2S2. The molecule has 0 saturated carbocycles. The van der Waals surface area contributed by atoms with Gasteiger partial charge >= 0.3 is 0 Å². The Morgan fingerprint density at radius 3 is 2.82 bits per heavy atom. The van der Waals surface area contributed by atoms with Gasteiger partial charge in [0, 0.05) is 16.1 Å². The van der Waals surface area contributed by atoms with Gasteiger partial charge in [-0.1, -0.05) is 0 Å². The smallest absolute Gasteiger partial charge is 0.271 e. The highest BCUT2D eigenvalue weighted by Gasteiger charge is 2.19. The van der Waals surface area contributed by atoms with Crippen LogP contribution in [0.25, 0.3) is 10.9 Å². The summed E-state index contributed by atoms with van der Waals surface area (Å²) in [7, 11) is -3.72. The van der Waals surface area contributed by atoms with Crippen LogP contribution in [0.15, 0.2) is 39.1 Å². The average Bonchev–Trinajstić information content (AvgIpc) is 3.06. The van der Waals surface area contributed by atoms with Crippen molar-refractivity contribution in [2.75, 3.05) is 4.72 Å². The van der Waals surface area contributed by atoms with E-state index in [1.807, 2.05) is 19.1 Å². The average molecular weight is 396 g/mol. The van der Waals surface area contributed by atoms with Gasteiger partial charge in [0.2, 0.25) is 0 Å². The number of hydrogen-bond donors (Lipinski definition) is 2. The second-order valence-electron chi connectivity index (χ2n) is 4.71. The first-order valence-electron chi connectivity index (χ1n) is 6.21. The summed E-state index contributed by atoms with van der Waals surface area (Å²) in [6, 6.07) is 8.60. The van der Waals surface area contributed by atoms with Gasteiger partial charge in [-0.3, -0.25) is 4.72 Å². The highest BCUT2D eigenvalue weighted by atomic mass is 79.9. The van der Waals surface area contributed by atoms with Crippen molar-refractivity contribution < 1.29 is 8.42 Å². The van der Waals surface area contributed by atoms with Gasteiger partial charge in [-0.2, -0.15) is 5.26 Å². The number of hydrogen-bond acceptors (Lipinski definition) is 4. The molecule has 2 heterocycles. The predicted octanol–water partition coefficient (Wildman–Crippen LogP) is 3.97. The third kappa shape index (κ3) is 2.63. The summed E-state index contributed by atoms with van der Waals surface area (Å²) in [6.07, 6.45) is 1.76. The molecule has 3 aromatic rings. The zero-order valence-electron chi connectivity index (χ0n) is 11.3. The van der Waals surface area contributed by atoms with Gasteiger partial charge in [-0.15, -0.1) is 11.3 Å². The summed E-state index contributed by atoms with van der Waals surface area (Å²) in [4.78, 5) is 3.41. The van der Waals surface area contributed by atoms with Crippen molar-refractivity contribution in [1.29, 1.82) is 5.26 Å². The molecule has 0 fully saturated rings. The van der Waals surface area contributed by atoms with Crippen LogP contribution in [-0.2, 0) is 10.0 Å². The molecule has 0 atom stereocenters. The lowest BCUT2D eigenvalue weighted by Crippen LogP contribution is -2.11. The van der Waals surface area contributed by atoms with Gasteiger partial charge in [0.1, 0.15) is 15.2 Å². The Hall–Kier alpha value is -1.82. The second kappa shape index (κ2) is 5.43. The maximum absolute atomic E-state index is 12.5. The van der Waals surface area contributed by atoms with Gasteiger partial charge < -0.3 is 4.98 Å². The van der Waals surface area contributed by atoms with Gasteiger partial charge in [-0.25, -0.2) is 8.42 Å². The summed E-state index contributed by atoms with van der Waals surface area (Å²) in [5, 5.41) is 9.73. The normalized spacial score (nSPS) is 11.5. The fraction of sp³-hybridized carbons (Fsp3) is 0.0714. The van der Waals surface area contributed by atoms with E-state index in [9.17, 15) is 8.42 Å². The highest BCUT2D eigenvalue weighted by molar-refractivity contribution is 9.10. The van der Waals surface area contributed by atoms with Gasteiger partial charge in [0.25, 0.3) is 10.0 Å². The van der Waals surface area contributed by atoms with Crippen LogP contribution in [0, 0.1) is 18.3 Å². The van der Waals surface area contributed by atoms with E-state index in [0.717, 1.165) is 26.8 Å². The molecule has 0 amide bonds. The van der Waals surface area contributed by atoms with E-state index >= 15 is 0 Å². The quantitative estimate of drug-likeness (QED) is 0.703. The maximum atomic E-state index is 12.5. The van der Waals surface area contributed by atoms with Crippen LogP contribution >= 0.6 is 27.3 Å². The molecule has 0 saturated heterocycles. The molecule has 2 aromatic heterocycles. The lowest BCUT2D eigenvalue weighted by molar-refractivity contribution is 0.603. The molecule has 2 N–H and O–H groups in total. The van der Waals surface area contributed by atoms with E-state index in [-0.39, 0.29) is 4.21 Å². The maximum Gasteiger partial charge on any atom is 0.271 e. The van der Waals surface area contributed by atoms with Gasteiger partial charge in [0.05, 0.1) is 11.2 Å². The molecule has 0 spiro atoms. The molecule has 0 aliphatic heterocycles. The summed E-state index contributed by atoms with van der Waals surface area (Å²) in [5.74, 6) is 0. The van der Waals surface area contributed by atoms with E-state index in [1.165, 1.54) is 12.1 Å². The number of sulfonamides is 1. The Morgan fingerprint density at radius 2 is 2.14 bits per heavy atom. The second-order valence-corrected chi connectivity index (χ2v) is 8.55. The first-order valence-corrected chi connectivity index (χ1v) is 9.30. The summed E-state index contributed by atoms with van der Waals surface area (Å²) in [5.41, 5.74) is 2.13. The Morgan fingerprint density at radius 1 is 1.36 bits per heavy atom. The van der Waals surface area contributed by atoms with E-state index in [0.29, 0.717) is 16.1 Å². The summed E-state index contributed by atoms with van der Waals surface area (Å²) in [6.45, 7) is 1.90.